The number of nitro groups is 1. The summed E-state index contributed by atoms with van der Waals surface area (Å²) >= 11 is 5.38. The van der Waals surface area contributed by atoms with E-state index in [2.05, 4.69) is 21.8 Å². The number of H-pyrrole nitrogens is 1. The summed E-state index contributed by atoms with van der Waals surface area (Å²) in [5, 5.41) is 10.4. The van der Waals surface area contributed by atoms with Crippen molar-refractivity contribution in [2.75, 3.05) is 5.88 Å². The van der Waals surface area contributed by atoms with Gasteiger partial charge >= 0.3 is 5.82 Å². The van der Waals surface area contributed by atoms with Gasteiger partial charge in [-0.15, -0.1) is 11.6 Å². The fourth-order valence-electron chi connectivity index (χ4n) is 0.712. The number of alkyl halides is 1. The van der Waals surface area contributed by atoms with Gasteiger partial charge in [-0.3, -0.25) is 0 Å². The lowest BCUT2D eigenvalue weighted by Gasteiger charge is -1.87. The average Bonchev–Trinajstić information content (AvgIpc) is 2.53. The molecule has 0 atom stereocenters. The summed E-state index contributed by atoms with van der Waals surface area (Å²) in [4.78, 5) is 15.9. The molecule has 1 aromatic heterocycles. The molecule has 68 valence electrons. The fraction of sp³-hybridized carbons (Fsp3) is 0.286. The highest BCUT2D eigenvalue weighted by atomic mass is 35.5. The summed E-state index contributed by atoms with van der Waals surface area (Å²) in [6.45, 7) is 0. The molecule has 1 N–H and O–H groups in total. The van der Waals surface area contributed by atoms with Gasteiger partial charge in [-0.1, -0.05) is 5.92 Å². The second kappa shape index (κ2) is 4.48. The van der Waals surface area contributed by atoms with Crippen molar-refractivity contribution in [1.29, 1.82) is 0 Å². The van der Waals surface area contributed by atoms with Crippen LogP contribution in [0.5, 0.6) is 0 Å². The highest BCUT2D eigenvalue weighted by Crippen LogP contribution is 2.09. The molecule has 0 aliphatic carbocycles. The minimum atomic E-state index is -0.558. The van der Waals surface area contributed by atoms with Gasteiger partial charge in [0.15, 0.2) is 6.33 Å². The van der Waals surface area contributed by atoms with E-state index in [1.807, 2.05) is 0 Å². The third kappa shape index (κ3) is 2.46. The van der Waals surface area contributed by atoms with E-state index in [1.165, 1.54) is 6.33 Å². The Bertz CT molecular complexity index is 363. The highest BCUT2D eigenvalue weighted by Gasteiger charge is 2.11. The SMILES string of the molecule is O=[N+]([O-])c1[nH]cnc1C#CCCCl. The third-order valence-corrected chi connectivity index (χ3v) is 1.42. The van der Waals surface area contributed by atoms with Crippen LogP contribution in [-0.4, -0.2) is 20.8 Å². The summed E-state index contributed by atoms with van der Waals surface area (Å²) in [5.74, 6) is 5.45. The second-order valence-corrected chi connectivity index (χ2v) is 2.48. The number of hydrogen-bond acceptors (Lipinski definition) is 3. The fourth-order valence-corrected chi connectivity index (χ4v) is 0.806. The molecule has 6 heteroatoms. The average molecular weight is 200 g/mol. The van der Waals surface area contributed by atoms with Crippen molar-refractivity contribution in [1.82, 2.24) is 9.97 Å². The number of imidazole rings is 1. The lowest BCUT2D eigenvalue weighted by molar-refractivity contribution is -0.389. The van der Waals surface area contributed by atoms with Crippen molar-refractivity contribution in [3.63, 3.8) is 0 Å². The van der Waals surface area contributed by atoms with Crippen LogP contribution < -0.4 is 0 Å². The van der Waals surface area contributed by atoms with Gasteiger partial charge in [0.05, 0.1) is 0 Å². The Morgan fingerprint density at radius 1 is 1.77 bits per heavy atom. The molecule has 0 spiro atoms. The number of aromatic amines is 1. The van der Waals surface area contributed by atoms with Crippen LogP contribution in [0.1, 0.15) is 12.1 Å². The smallest absolute Gasteiger partial charge is 0.356 e. The maximum Gasteiger partial charge on any atom is 0.356 e. The molecular formula is C7H6ClN3O2. The molecular weight excluding hydrogens is 194 g/mol. The largest absolute Gasteiger partial charge is 0.358 e. The molecule has 0 amide bonds. The van der Waals surface area contributed by atoms with Crippen molar-refractivity contribution < 1.29 is 4.92 Å². The van der Waals surface area contributed by atoms with E-state index < -0.39 is 4.92 Å². The van der Waals surface area contributed by atoms with E-state index in [1.54, 1.807) is 0 Å². The number of rotatable bonds is 2. The standard InChI is InChI=1S/C7H6ClN3O2/c8-4-2-1-3-6-7(11(12)13)10-5-9-6/h5H,2,4H2,(H,9,10). The first-order chi connectivity index (χ1) is 6.25. The number of aromatic nitrogens is 2. The molecule has 0 aliphatic rings. The van der Waals surface area contributed by atoms with Crippen molar-refractivity contribution in [2.24, 2.45) is 0 Å². The van der Waals surface area contributed by atoms with E-state index in [9.17, 15) is 10.1 Å². The number of nitrogens with zero attached hydrogens (tertiary/aromatic N) is 2. The second-order valence-electron chi connectivity index (χ2n) is 2.10. The highest BCUT2D eigenvalue weighted by molar-refractivity contribution is 6.18. The van der Waals surface area contributed by atoms with Crippen LogP contribution >= 0.6 is 11.6 Å². The van der Waals surface area contributed by atoms with E-state index in [0.717, 1.165) is 0 Å². The van der Waals surface area contributed by atoms with E-state index in [0.29, 0.717) is 12.3 Å². The molecule has 0 unspecified atom stereocenters. The number of nitrogens with one attached hydrogen (secondary N) is 1. The molecule has 0 fully saturated rings. The van der Waals surface area contributed by atoms with Crippen LogP contribution in [0, 0.1) is 22.0 Å². The maximum absolute atomic E-state index is 10.4. The number of halogens is 1. The number of hydrogen-bond donors (Lipinski definition) is 1. The quantitative estimate of drug-likeness (QED) is 0.338. The molecule has 0 radical (unpaired) electrons. The lowest BCUT2D eigenvalue weighted by atomic mass is 10.4. The minimum Gasteiger partial charge on any atom is -0.358 e. The third-order valence-electron chi connectivity index (χ3n) is 1.23. The van der Waals surface area contributed by atoms with Gasteiger partial charge in [0.2, 0.25) is 5.69 Å². The van der Waals surface area contributed by atoms with Crippen molar-refractivity contribution in [3.8, 4) is 11.8 Å². The van der Waals surface area contributed by atoms with Gasteiger partial charge in [0, 0.05) is 12.3 Å². The zero-order valence-electron chi connectivity index (χ0n) is 6.58. The lowest BCUT2D eigenvalue weighted by Crippen LogP contribution is -1.90. The Kier molecular flexibility index (Phi) is 3.29. The predicted octanol–water partition coefficient (Wildman–Crippen LogP) is 1.30. The van der Waals surface area contributed by atoms with Gasteiger partial charge < -0.3 is 10.1 Å². The first-order valence-electron chi connectivity index (χ1n) is 3.48. The molecule has 13 heavy (non-hydrogen) atoms. The zero-order valence-corrected chi connectivity index (χ0v) is 7.34. The normalized spacial score (nSPS) is 9.00. The van der Waals surface area contributed by atoms with Crippen LogP contribution in [0.15, 0.2) is 6.33 Å². The van der Waals surface area contributed by atoms with Gasteiger partial charge in [0.25, 0.3) is 0 Å². The Balaban J connectivity index is 2.84. The topological polar surface area (TPSA) is 71.8 Å². The van der Waals surface area contributed by atoms with Gasteiger partial charge in [-0.05, 0) is 10.8 Å². The van der Waals surface area contributed by atoms with Gasteiger partial charge in [0.1, 0.15) is 0 Å². The first-order valence-corrected chi connectivity index (χ1v) is 4.01. The van der Waals surface area contributed by atoms with Crippen LogP contribution in [0.4, 0.5) is 5.82 Å². The minimum absolute atomic E-state index is 0.148. The van der Waals surface area contributed by atoms with Crippen LogP contribution in [-0.2, 0) is 0 Å². The molecule has 5 nitrogen and oxygen atoms in total. The molecule has 1 aromatic rings. The van der Waals surface area contributed by atoms with E-state index in [4.69, 9.17) is 11.6 Å². The van der Waals surface area contributed by atoms with Crippen molar-refractivity contribution >= 4 is 17.4 Å². The molecule has 0 aromatic carbocycles. The van der Waals surface area contributed by atoms with Crippen molar-refractivity contribution in [2.45, 2.75) is 6.42 Å². The monoisotopic (exact) mass is 199 g/mol. The van der Waals surface area contributed by atoms with Crippen LogP contribution in [0.25, 0.3) is 0 Å². The maximum atomic E-state index is 10.4. The Morgan fingerprint density at radius 2 is 2.54 bits per heavy atom. The molecule has 0 aliphatic heterocycles. The Hall–Kier alpha value is -1.54. The van der Waals surface area contributed by atoms with Crippen molar-refractivity contribution in [3.05, 3.63) is 22.1 Å². The summed E-state index contributed by atoms with van der Waals surface area (Å²) in [5.41, 5.74) is 0.148. The molecule has 1 heterocycles. The van der Waals surface area contributed by atoms with Crippen LogP contribution in [0.3, 0.4) is 0 Å². The first kappa shape index (κ1) is 9.55. The van der Waals surface area contributed by atoms with E-state index in [-0.39, 0.29) is 11.5 Å². The summed E-state index contributed by atoms with van der Waals surface area (Å²) < 4.78 is 0. The zero-order chi connectivity index (χ0) is 9.68. The van der Waals surface area contributed by atoms with Crippen LogP contribution in [0.2, 0.25) is 0 Å². The summed E-state index contributed by atoms with van der Waals surface area (Å²) in [6, 6.07) is 0. The molecule has 0 saturated carbocycles. The Labute approximate surface area is 79.3 Å². The predicted molar refractivity (Wildman–Crippen MR) is 47.5 cm³/mol. The van der Waals surface area contributed by atoms with Gasteiger partial charge in [-0.2, -0.15) is 4.98 Å². The molecule has 0 bridgehead atoms. The summed E-state index contributed by atoms with van der Waals surface area (Å²) in [6.07, 6.45) is 1.73. The molecule has 1 rings (SSSR count). The van der Waals surface area contributed by atoms with Gasteiger partial charge in [-0.25, -0.2) is 4.98 Å². The summed E-state index contributed by atoms with van der Waals surface area (Å²) in [7, 11) is 0. The van der Waals surface area contributed by atoms with E-state index >= 15 is 0 Å². The molecule has 0 saturated heterocycles. The Morgan fingerprint density at radius 3 is 3.15 bits per heavy atom.